The van der Waals surface area contributed by atoms with Crippen molar-refractivity contribution in [2.45, 2.75) is 12.5 Å². The Balaban J connectivity index is 1.59. The van der Waals surface area contributed by atoms with Gasteiger partial charge in [-0.3, -0.25) is 0 Å². The maximum absolute atomic E-state index is 5.61. The predicted octanol–water partition coefficient (Wildman–Crippen LogP) is 4.47. The van der Waals surface area contributed by atoms with E-state index in [2.05, 4.69) is 58.3 Å². The molecule has 26 heavy (non-hydrogen) atoms. The Morgan fingerprint density at radius 2 is 2.04 bits per heavy atom. The fourth-order valence-electron chi connectivity index (χ4n) is 3.94. The Morgan fingerprint density at radius 3 is 2.92 bits per heavy atom. The van der Waals surface area contributed by atoms with Crippen LogP contribution in [0.2, 0.25) is 0 Å². The van der Waals surface area contributed by atoms with Crippen molar-refractivity contribution >= 4 is 11.0 Å². The molecule has 0 radical (unpaired) electrons. The van der Waals surface area contributed by atoms with E-state index in [9.17, 15) is 0 Å². The smallest absolute Gasteiger partial charge is 0.134 e. The molecule has 0 aliphatic carbocycles. The topological polar surface area (TPSA) is 42.2 Å². The lowest BCUT2D eigenvalue weighted by Crippen LogP contribution is -2.31. The third-order valence-corrected chi connectivity index (χ3v) is 5.21. The van der Waals surface area contributed by atoms with Crippen molar-refractivity contribution in [3.8, 4) is 11.3 Å². The zero-order valence-corrected chi connectivity index (χ0v) is 14.6. The molecule has 4 nitrogen and oxygen atoms in total. The van der Waals surface area contributed by atoms with Crippen LogP contribution in [0.4, 0.5) is 0 Å². The summed E-state index contributed by atoms with van der Waals surface area (Å²) in [5, 5.41) is 1.15. The zero-order valence-electron chi connectivity index (χ0n) is 14.6. The Kier molecular flexibility index (Phi) is 3.57. The lowest BCUT2D eigenvalue weighted by Gasteiger charge is -2.33. The third-order valence-electron chi connectivity index (χ3n) is 5.21. The molecule has 2 aromatic carbocycles. The van der Waals surface area contributed by atoms with E-state index >= 15 is 0 Å². The molecule has 1 unspecified atom stereocenters. The number of furan rings is 1. The van der Waals surface area contributed by atoms with Crippen LogP contribution in [-0.4, -0.2) is 28.5 Å². The molecule has 0 fully saturated rings. The molecule has 4 heteroatoms. The van der Waals surface area contributed by atoms with E-state index in [0.717, 1.165) is 35.3 Å². The molecule has 3 heterocycles. The largest absolute Gasteiger partial charge is 0.464 e. The van der Waals surface area contributed by atoms with Crippen molar-refractivity contribution < 1.29 is 4.42 Å². The number of nitrogens with zero attached hydrogens (tertiary/aromatic N) is 3. The Bertz CT molecular complexity index is 1070. The van der Waals surface area contributed by atoms with Gasteiger partial charge >= 0.3 is 0 Å². The number of hydrogen-bond acceptors (Lipinski definition) is 4. The van der Waals surface area contributed by atoms with Gasteiger partial charge in [-0.05, 0) is 48.0 Å². The van der Waals surface area contributed by atoms with Crippen molar-refractivity contribution in [3.63, 3.8) is 0 Å². The molecule has 0 N–H and O–H groups in total. The molecule has 0 saturated heterocycles. The molecule has 1 aliphatic heterocycles. The van der Waals surface area contributed by atoms with Crippen molar-refractivity contribution in [2.24, 2.45) is 0 Å². The van der Waals surface area contributed by atoms with Crippen LogP contribution in [0.15, 0.2) is 71.7 Å². The second-order valence-electron chi connectivity index (χ2n) is 6.98. The fourth-order valence-corrected chi connectivity index (χ4v) is 3.94. The van der Waals surface area contributed by atoms with Gasteiger partial charge in [0.15, 0.2) is 0 Å². The molecule has 5 rings (SSSR count). The van der Waals surface area contributed by atoms with E-state index < -0.39 is 0 Å². The number of hydrogen-bond donors (Lipinski definition) is 0. The highest BCUT2D eigenvalue weighted by atomic mass is 16.3. The first-order chi connectivity index (χ1) is 12.8. The SMILES string of the molecule is CN1Cc2cc(-c3ccncn3)ccc2C(c2ccc3ccoc3c2)C1. The second kappa shape index (κ2) is 6.07. The summed E-state index contributed by atoms with van der Waals surface area (Å²) in [5.74, 6) is 0.345. The maximum atomic E-state index is 5.61. The summed E-state index contributed by atoms with van der Waals surface area (Å²) in [7, 11) is 2.18. The lowest BCUT2D eigenvalue weighted by atomic mass is 9.83. The number of fused-ring (bicyclic) bond motifs is 2. The van der Waals surface area contributed by atoms with Gasteiger partial charge in [0.25, 0.3) is 0 Å². The first kappa shape index (κ1) is 15.3. The van der Waals surface area contributed by atoms with Crippen LogP contribution in [0.25, 0.3) is 22.2 Å². The summed E-state index contributed by atoms with van der Waals surface area (Å²) in [5.41, 5.74) is 7.11. The molecule has 2 aromatic heterocycles. The molecule has 0 amide bonds. The van der Waals surface area contributed by atoms with Crippen LogP contribution in [0.5, 0.6) is 0 Å². The van der Waals surface area contributed by atoms with Gasteiger partial charge in [-0.2, -0.15) is 0 Å². The normalized spacial score (nSPS) is 17.3. The average molecular weight is 341 g/mol. The molecule has 0 bridgehead atoms. The summed E-state index contributed by atoms with van der Waals surface area (Å²) in [4.78, 5) is 10.8. The highest BCUT2D eigenvalue weighted by Crippen LogP contribution is 2.36. The summed E-state index contributed by atoms with van der Waals surface area (Å²) < 4.78 is 5.61. The third kappa shape index (κ3) is 2.59. The van der Waals surface area contributed by atoms with Crippen LogP contribution < -0.4 is 0 Å². The summed E-state index contributed by atoms with van der Waals surface area (Å²) in [6.45, 7) is 1.96. The van der Waals surface area contributed by atoms with Crippen LogP contribution >= 0.6 is 0 Å². The highest BCUT2D eigenvalue weighted by molar-refractivity contribution is 5.78. The van der Waals surface area contributed by atoms with E-state index in [1.807, 2.05) is 12.1 Å². The predicted molar refractivity (Wildman–Crippen MR) is 102 cm³/mol. The van der Waals surface area contributed by atoms with Gasteiger partial charge in [-0.1, -0.05) is 24.3 Å². The van der Waals surface area contributed by atoms with Crippen LogP contribution in [0.1, 0.15) is 22.6 Å². The molecular formula is C22H19N3O. The minimum atomic E-state index is 0.345. The first-order valence-electron chi connectivity index (χ1n) is 8.83. The minimum absolute atomic E-state index is 0.345. The Labute approximate surface area is 152 Å². The van der Waals surface area contributed by atoms with Gasteiger partial charge in [-0.15, -0.1) is 0 Å². The minimum Gasteiger partial charge on any atom is -0.464 e. The maximum Gasteiger partial charge on any atom is 0.134 e. The van der Waals surface area contributed by atoms with Gasteiger partial charge in [0.2, 0.25) is 0 Å². The number of likely N-dealkylation sites (N-methyl/N-ethyl adjacent to an activating group) is 1. The van der Waals surface area contributed by atoms with Crippen molar-refractivity contribution in [1.29, 1.82) is 0 Å². The summed E-state index contributed by atoms with van der Waals surface area (Å²) in [6.07, 6.45) is 5.14. The summed E-state index contributed by atoms with van der Waals surface area (Å²) in [6, 6.07) is 17.2. The van der Waals surface area contributed by atoms with Crippen molar-refractivity contribution in [2.75, 3.05) is 13.6 Å². The van der Waals surface area contributed by atoms with Crippen LogP contribution in [0, 0.1) is 0 Å². The molecule has 0 saturated carbocycles. The fraction of sp³-hybridized carbons (Fsp3) is 0.182. The highest BCUT2D eigenvalue weighted by Gasteiger charge is 2.25. The van der Waals surface area contributed by atoms with Crippen molar-refractivity contribution in [3.05, 3.63) is 84.0 Å². The van der Waals surface area contributed by atoms with Crippen molar-refractivity contribution in [1.82, 2.24) is 14.9 Å². The van der Waals surface area contributed by atoms with Gasteiger partial charge in [0, 0.05) is 36.2 Å². The molecule has 1 atom stereocenters. The van der Waals surface area contributed by atoms with E-state index in [1.54, 1.807) is 18.8 Å². The number of benzene rings is 2. The molecule has 1 aliphatic rings. The number of rotatable bonds is 2. The quantitative estimate of drug-likeness (QED) is 0.539. The van der Waals surface area contributed by atoms with Gasteiger partial charge in [-0.25, -0.2) is 9.97 Å². The van der Waals surface area contributed by atoms with Gasteiger partial charge in [0.1, 0.15) is 11.9 Å². The molecule has 128 valence electrons. The van der Waals surface area contributed by atoms with E-state index in [-0.39, 0.29) is 0 Å². The lowest BCUT2D eigenvalue weighted by molar-refractivity contribution is 0.295. The Morgan fingerprint density at radius 1 is 1.08 bits per heavy atom. The zero-order chi connectivity index (χ0) is 17.5. The van der Waals surface area contributed by atoms with E-state index in [4.69, 9.17) is 4.42 Å². The standard InChI is InChI=1S/C22H19N3O/c1-25-12-18-10-17(21-6-8-23-14-24-21)4-5-19(18)20(13-25)16-3-2-15-7-9-26-22(15)11-16/h2-11,14,20H,12-13H2,1H3. The van der Waals surface area contributed by atoms with Crippen LogP contribution in [-0.2, 0) is 6.54 Å². The molecule has 0 spiro atoms. The Hall–Kier alpha value is -2.98. The van der Waals surface area contributed by atoms with E-state index in [0.29, 0.717) is 5.92 Å². The van der Waals surface area contributed by atoms with Gasteiger partial charge in [0.05, 0.1) is 12.0 Å². The average Bonchev–Trinajstić information content (AvgIpc) is 3.15. The van der Waals surface area contributed by atoms with E-state index in [1.165, 1.54) is 16.7 Å². The monoisotopic (exact) mass is 341 g/mol. The number of aromatic nitrogens is 2. The second-order valence-corrected chi connectivity index (χ2v) is 6.98. The summed E-state index contributed by atoms with van der Waals surface area (Å²) >= 11 is 0. The van der Waals surface area contributed by atoms with Crippen LogP contribution in [0.3, 0.4) is 0 Å². The first-order valence-corrected chi connectivity index (χ1v) is 8.83. The molecular weight excluding hydrogens is 322 g/mol. The van der Waals surface area contributed by atoms with Gasteiger partial charge < -0.3 is 9.32 Å². The molecule has 4 aromatic rings.